The van der Waals surface area contributed by atoms with Gasteiger partial charge in [-0.2, -0.15) is 9.57 Å². The quantitative estimate of drug-likeness (QED) is 0.736. The Morgan fingerprint density at radius 2 is 2.29 bits per heavy atom. The van der Waals surface area contributed by atoms with Crippen molar-refractivity contribution in [2.75, 3.05) is 26.8 Å². The summed E-state index contributed by atoms with van der Waals surface area (Å²) in [4.78, 5) is 11.5. The largest absolute Gasteiger partial charge is 0.467 e. The Bertz CT molecular complexity index is 680. The van der Waals surface area contributed by atoms with Crippen LogP contribution in [0.25, 0.3) is 0 Å². The van der Waals surface area contributed by atoms with Gasteiger partial charge in [0.2, 0.25) is 10.0 Å². The first-order valence-electron chi connectivity index (χ1n) is 6.19. The van der Waals surface area contributed by atoms with Gasteiger partial charge in [-0.25, -0.2) is 13.2 Å². The van der Waals surface area contributed by atoms with Gasteiger partial charge >= 0.3 is 5.97 Å². The Morgan fingerprint density at radius 3 is 2.95 bits per heavy atom. The zero-order valence-corrected chi connectivity index (χ0v) is 12.2. The molecule has 1 aromatic rings. The first-order valence-corrected chi connectivity index (χ1v) is 7.63. The lowest BCUT2D eigenvalue weighted by Crippen LogP contribution is -2.48. The molecule has 1 fully saturated rings. The molecule has 1 heterocycles. The second-order valence-electron chi connectivity index (χ2n) is 4.39. The summed E-state index contributed by atoms with van der Waals surface area (Å²) < 4.78 is 36.0. The van der Waals surface area contributed by atoms with Gasteiger partial charge in [0.1, 0.15) is 0 Å². The van der Waals surface area contributed by atoms with Crippen LogP contribution in [0.3, 0.4) is 0 Å². The average molecular weight is 310 g/mol. The van der Waals surface area contributed by atoms with E-state index in [1.807, 2.05) is 6.07 Å². The van der Waals surface area contributed by atoms with E-state index in [-0.39, 0.29) is 30.2 Å². The highest BCUT2D eigenvalue weighted by Crippen LogP contribution is 2.20. The van der Waals surface area contributed by atoms with E-state index in [4.69, 9.17) is 10.00 Å². The fraction of sp³-hybridized carbons (Fsp3) is 0.385. The second-order valence-corrected chi connectivity index (χ2v) is 6.32. The minimum Gasteiger partial charge on any atom is -0.467 e. The third kappa shape index (κ3) is 3.21. The monoisotopic (exact) mass is 310 g/mol. The third-order valence-electron chi connectivity index (χ3n) is 3.09. The van der Waals surface area contributed by atoms with E-state index >= 15 is 0 Å². The summed E-state index contributed by atoms with van der Waals surface area (Å²) in [6.45, 7) is 0.148. The number of morpholine rings is 1. The van der Waals surface area contributed by atoms with Crippen LogP contribution in [0.1, 0.15) is 5.56 Å². The van der Waals surface area contributed by atoms with Crippen LogP contribution in [-0.4, -0.2) is 51.6 Å². The van der Waals surface area contributed by atoms with Gasteiger partial charge in [-0.1, -0.05) is 6.07 Å². The van der Waals surface area contributed by atoms with Gasteiger partial charge in [-0.3, -0.25) is 0 Å². The van der Waals surface area contributed by atoms with E-state index in [0.717, 1.165) is 4.31 Å². The van der Waals surface area contributed by atoms with Crippen molar-refractivity contribution in [1.82, 2.24) is 4.31 Å². The number of carbonyl (C=O) groups is 1. The number of hydrogen-bond donors (Lipinski definition) is 0. The molecule has 1 atom stereocenters. The summed E-state index contributed by atoms with van der Waals surface area (Å²) in [6.07, 6.45) is -0.933. The number of sulfonamides is 1. The Balaban J connectivity index is 2.26. The topological polar surface area (TPSA) is 96.7 Å². The molecule has 0 aliphatic carbocycles. The van der Waals surface area contributed by atoms with Crippen molar-refractivity contribution in [2.24, 2.45) is 0 Å². The van der Waals surface area contributed by atoms with Crippen LogP contribution < -0.4 is 0 Å². The number of nitrogens with zero attached hydrogens (tertiary/aromatic N) is 2. The van der Waals surface area contributed by atoms with E-state index in [0.29, 0.717) is 0 Å². The van der Waals surface area contributed by atoms with Crippen LogP contribution in [0.2, 0.25) is 0 Å². The predicted molar refractivity (Wildman–Crippen MR) is 71.7 cm³/mol. The van der Waals surface area contributed by atoms with Crippen LogP contribution in [0.4, 0.5) is 0 Å². The highest BCUT2D eigenvalue weighted by Gasteiger charge is 2.34. The van der Waals surface area contributed by atoms with E-state index in [9.17, 15) is 13.2 Å². The summed E-state index contributed by atoms with van der Waals surface area (Å²) >= 11 is 0. The summed E-state index contributed by atoms with van der Waals surface area (Å²) in [5.74, 6) is -0.610. The predicted octanol–water partition coefficient (Wildman–Crippen LogP) is 0.121. The minimum absolute atomic E-state index is 0.0204. The van der Waals surface area contributed by atoms with Crippen LogP contribution in [0, 0.1) is 11.3 Å². The number of esters is 1. The van der Waals surface area contributed by atoms with Crippen LogP contribution in [0.15, 0.2) is 29.2 Å². The van der Waals surface area contributed by atoms with Crippen LogP contribution in [-0.2, 0) is 24.3 Å². The van der Waals surface area contributed by atoms with Gasteiger partial charge in [-0.15, -0.1) is 0 Å². The molecular weight excluding hydrogens is 296 g/mol. The Kier molecular flexibility index (Phi) is 4.57. The lowest BCUT2D eigenvalue weighted by atomic mass is 10.2. The van der Waals surface area contributed by atoms with Crippen molar-refractivity contribution in [1.29, 1.82) is 5.26 Å². The molecule has 0 aromatic heterocycles. The molecule has 0 radical (unpaired) electrons. The molecule has 0 amide bonds. The zero-order valence-electron chi connectivity index (χ0n) is 11.4. The number of rotatable bonds is 3. The molecule has 0 N–H and O–H groups in total. The number of ether oxygens (including phenoxy) is 2. The molecule has 1 aliphatic rings. The van der Waals surface area contributed by atoms with E-state index in [1.54, 1.807) is 0 Å². The maximum absolute atomic E-state index is 12.5. The van der Waals surface area contributed by atoms with Gasteiger partial charge in [0.05, 0.1) is 36.8 Å². The van der Waals surface area contributed by atoms with Gasteiger partial charge < -0.3 is 9.47 Å². The SMILES string of the molecule is COC(=O)C1CN(S(=O)(=O)c2cccc(C#N)c2)CCO1. The Morgan fingerprint density at radius 1 is 1.52 bits per heavy atom. The van der Waals surface area contributed by atoms with Crippen LogP contribution in [0.5, 0.6) is 0 Å². The molecule has 0 saturated carbocycles. The third-order valence-corrected chi connectivity index (χ3v) is 4.96. The fourth-order valence-corrected chi connectivity index (χ4v) is 3.46. The van der Waals surface area contributed by atoms with Crippen molar-refractivity contribution in [2.45, 2.75) is 11.0 Å². The van der Waals surface area contributed by atoms with Crippen molar-refractivity contribution in [3.05, 3.63) is 29.8 Å². The maximum atomic E-state index is 12.5. The Labute approximate surface area is 122 Å². The standard InChI is InChI=1S/C13H14N2O5S/c1-19-13(16)12-9-15(5-6-20-12)21(17,18)11-4-2-3-10(7-11)8-14/h2-4,7,12H,5-6,9H2,1H3. The van der Waals surface area contributed by atoms with E-state index in [2.05, 4.69) is 4.74 Å². The second kappa shape index (κ2) is 6.22. The molecule has 7 nitrogen and oxygen atoms in total. The van der Waals surface area contributed by atoms with Gasteiger partial charge in [0, 0.05) is 6.54 Å². The molecule has 21 heavy (non-hydrogen) atoms. The zero-order chi connectivity index (χ0) is 15.5. The van der Waals surface area contributed by atoms with Crippen molar-refractivity contribution in [3.8, 4) is 6.07 Å². The first kappa shape index (κ1) is 15.4. The molecule has 1 saturated heterocycles. The number of methoxy groups -OCH3 is 1. The van der Waals surface area contributed by atoms with Crippen molar-refractivity contribution >= 4 is 16.0 Å². The minimum atomic E-state index is -3.77. The summed E-state index contributed by atoms with van der Waals surface area (Å²) in [5, 5.41) is 8.85. The highest BCUT2D eigenvalue weighted by atomic mass is 32.2. The van der Waals surface area contributed by atoms with E-state index < -0.39 is 22.1 Å². The summed E-state index contributed by atoms with van der Waals surface area (Å²) in [7, 11) is -2.56. The molecule has 1 unspecified atom stereocenters. The van der Waals surface area contributed by atoms with Gasteiger partial charge in [0.15, 0.2) is 6.10 Å². The molecule has 1 aliphatic heterocycles. The highest BCUT2D eigenvalue weighted by molar-refractivity contribution is 7.89. The molecular formula is C13H14N2O5S. The van der Waals surface area contributed by atoms with Crippen molar-refractivity contribution in [3.63, 3.8) is 0 Å². The molecule has 0 spiro atoms. The molecule has 112 valence electrons. The van der Waals surface area contributed by atoms with Gasteiger partial charge in [-0.05, 0) is 18.2 Å². The maximum Gasteiger partial charge on any atom is 0.336 e. The molecule has 8 heteroatoms. The number of carbonyl (C=O) groups excluding carboxylic acids is 1. The first-order chi connectivity index (χ1) is 9.98. The Hall–Kier alpha value is -1.95. The lowest BCUT2D eigenvalue weighted by Gasteiger charge is -2.30. The fourth-order valence-electron chi connectivity index (χ4n) is 1.99. The summed E-state index contributed by atoms with van der Waals surface area (Å²) in [6, 6.07) is 7.64. The normalized spacial score (nSPS) is 19.7. The van der Waals surface area contributed by atoms with Crippen LogP contribution >= 0.6 is 0 Å². The number of benzene rings is 1. The molecule has 1 aromatic carbocycles. The molecule has 2 rings (SSSR count). The molecule has 0 bridgehead atoms. The smallest absolute Gasteiger partial charge is 0.336 e. The lowest BCUT2D eigenvalue weighted by molar-refractivity contribution is -0.157. The van der Waals surface area contributed by atoms with Gasteiger partial charge in [0.25, 0.3) is 0 Å². The van der Waals surface area contributed by atoms with Crippen molar-refractivity contribution < 1.29 is 22.7 Å². The summed E-state index contributed by atoms with van der Waals surface area (Å²) in [5.41, 5.74) is 0.258. The van der Waals surface area contributed by atoms with E-state index in [1.165, 1.54) is 31.4 Å². The average Bonchev–Trinajstić information content (AvgIpc) is 2.54. The number of hydrogen-bond acceptors (Lipinski definition) is 6. The number of nitriles is 1.